The van der Waals surface area contributed by atoms with Gasteiger partial charge < -0.3 is 14.6 Å². The average Bonchev–Trinajstić information content (AvgIpc) is 2.86. The van der Waals surface area contributed by atoms with Crippen molar-refractivity contribution in [3.63, 3.8) is 0 Å². The molecule has 2 aromatic rings. The quantitative estimate of drug-likeness (QED) is 0.752. The Labute approximate surface area is 146 Å². The van der Waals surface area contributed by atoms with Gasteiger partial charge in [0.25, 0.3) is 5.91 Å². The van der Waals surface area contributed by atoms with Crippen LogP contribution in [-0.2, 0) is 13.5 Å². The molecule has 0 unspecified atom stereocenters. The van der Waals surface area contributed by atoms with Gasteiger partial charge in [0.05, 0.1) is 17.9 Å². The van der Waals surface area contributed by atoms with Gasteiger partial charge >= 0.3 is 0 Å². The number of carbonyl (C=O) groups excluding carboxylic acids is 1. The van der Waals surface area contributed by atoms with Crippen LogP contribution in [0.4, 0.5) is 5.69 Å². The molecule has 0 spiro atoms. The van der Waals surface area contributed by atoms with E-state index in [1.54, 1.807) is 6.07 Å². The first-order valence-corrected chi connectivity index (χ1v) is 8.73. The van der Waals surface area contributed by atoms with Gasteiger partial charge in [-0.1, -0.05) is 36.2 Å². The summed E-state index contributed by atoms with van der Waals surface area (Å²) in [6, 6.07) is 5.50. The fourth-order valence-corrected chi connectivity index (χ4v) is 2.79. The Morgan fingerprint density at radius 3 is 2.74 bits per heavy atom. The number of rotatable bonds is 7. The Morgan fingerprint density at radius 2 is 2.04 bits per heavy atom. The third kappa shape index (κ3) is 4.61. The highest BCUT2D eigenvalue weighted by Gasteiger charge is 2.16. The summed E-state index contributed by atoms with van der Waals surface area (Å²) in [5.41, 5.74) is 2.55. The minimum absolute atomic E-state index is 0.152. The topological polar surface area (TPSA) is 43.3 Å². The smallest absolute Gasteiger partial charge is 0.259 e. The maximum atomic E-state index is 12.7. The van der Waals surface area contributed by atoms with Crippen LogP contribution < -0.4 is 10.1 Å². The molecule has 1 N–H and O–H groups in total. The number of carbonyl (C=O) groups is 1. The summed E-state index contributed by atoms with van der Waals surface area (Å²) in [6.07, 6.45) is 6.86. The van der Waals surface area contributed by atoms with Gasteiger partial charge in [-0.15, -0.1) is 0 Å². The van der Waals surface area contributed by atoms with Gasteiger partial charge in [0, 0.05) is 23.9 Å². The first kappa shape index (κ1) is 17.6. The highest BCUT2D eigenvalue weighted by Crippen LogP contribution is 2.26. The summed E-state index contributed by atoms with van der Waals surface area (Å²) >= 11 is 3.42. The van der Waals surface area contributed by atoms with Crippen molar-refractivity contribution in [2.24, 2.45) is 7.05 Å². The third-order valence-electron chi connectivity index (χ3n) is 3.45. The molecular formula is C18H23BrN2O2. The monoisotopic (exact) mass is 378 g/mol. The van der Waals surface area contributed by atoms with Crippen molar-refractivity contribution in [3.05, 3.63) is 46.2 Å². The minimum Gasteiger partial charge on any atom is -0.493 e. The second-order valence-corrected chi connectivity index (χ2v) is 6.47. The van der Waals surface area contributed by atoms with E-state index >= 15 is 0 Å². The van der Waals surface area contributed by atoms with Crippen LogP contribution in [0, 0.1) is 0 Å². The maximum Gasteiger partial charge on any atom is 0.259 e. The van der Waals surface area contributed by atoms with Gasteiger partial charge in [0.1, 0.15) is 5.75 Å². The summed E-state index contributed by atoms with van der Waals surface area (Å²) in [6.45, 7) is 4.76. The fraction of sp³-hybridized carbons (Fsp3) is 0.389. The summed E-state index contributed by atoms with van der Waals surface area (Å²) < 4.78 is 8.52. The second kappa shape index (κ2) is 8.20. The summed E-state index contributed by atoms with van der Waals surface area (Å²) in [7, 11) is 1.96. The lowest BCUT2D eigenvalue weighted by Crippen LogP contribution is -2.14. The van der Waals surface area contributed by atoms with E-state index in [0.717, 1.165) is 35.0 Å². The molecule has 0 saturated heterocycles. The van der Waals surface area contributed by atoms with E-state index in [1.807, 2.05) is 36.9 Å². The molecule has 0 bridgehead atoms. The number of aromatic nitrogens is 1. The van der Waals surface area contributed by atoms with Gasteiger partial charge in [-0.05, 0) is 36.6 Å². The molecule has 5 heteroatoms. The van der Waals surface area contributed by atoms with Gasteiger partial charge in [-0.25, -0.2) is 0 Å². The molecule has 1 aromatic carbocycles. The molecule has 0 radical (unpaired) electrons. The van der Waals surface area contributed by atoms with Crippen molar-refractivity contribution >= 4 is 27.5 Å². The Hall–Kier alpha value is -1.75. The molecule has 4 nitrogen and oxygen atoms in total. The number of nitrogens with zero attached hydrogens (tertiary/aromatic N) is 1. The Morgan fingerprint density at radius 1 is 1.26 bits per heavy atom. The largest absolute Gasteiger partial charge is 0.493 e. The second-order valence-electron chi connectivity index (χ2n) is 5.56. The molecule has 0 aliphatic heterocycles. The average molecular weight is 379 g/mol. The zero-order valence-electron chi connectivity index (χ0n) is 13.9. The van der Waals surface area contributed by atoms with E-state index in [9.17, 15) is 4.79 Å². The van der Waals surface area contributed by atoms with Crippen LogP contribution in [0.2, 0.25) is 0 Å². The van der Waals surface area contributed by atoms with Crippen molar-refractivity contribution in [1.29, 1.82) is 0 Å². The van der Waals surface area contributed by atoms with Gasteiger partial charge in [0.15, 0.2) is 0 Å². The van der Waals surface area contributed by atoms with Crippen LogP contribution in [0.25, 0.3) is 0 Å². The molecule has 2 rings (SSSR count). The first-order chi connectivity index (χ1) is 11.0. The van der Waals surface area contributed by atoms with E-state index in [2.05, 4.69) is 34.4 Å². The van der Waals surface area contributed by atoms with Crippen LogP contribution >= 0.6 is 15.9 Å². The van der Waals surface area contributed by atoms with E-state index < -0.39 is 0 Å². The predicted molar refractivity (Wildman–Crippen MR) is 97.3 cm³/mol. The molecule has 0 aliphatic rings. The molecule has 1 amide bonds. The maximum absolute atomic E-state index is 12.7. The molecule has 1 aromatic heterocycles. The molecular weight excluding hydrogens is 356 g/mol. The highest BCUT2D eigenvalue weighted by atomic mass is 79.9. The van der Waals surface area contributed by atoms with Crippen LogP contribution in [-0.4, -0.2) is 17.1 Å². The van der Waals surface area contributed by atoms with E-state index in [1.165, 1.54) is 0 Å². The number of benzene rings is 1. The Kier molecular flexibility index (Phi) is 6.28. The molecule has 0 saturated carbocycles. The zero-order valence-corrected chi connectivity index (χ0v) is 15.4. The third-order valence-corrected chi connectivity index (χ3v) is 3.95. The van der Waals surface area contributed by atoms with E-state index in [4.69, 9.17) is 4.74 Å². The zero-order chi connectivity index (χ0) is 16.8. The minimum atomic E-state index is -0.152. The summed E-state index contributed by atoms with van der Waals surface area (Å²) in [5.74, 6) is 0.460. The number of anilines is 1. The van der Waals surface area contributed by atoms with Gasteiger partial charge in [-0.2, -0.15) is 0 Å². The SMILES string of the molecule is CCCOc1ccc(Br)cc1C(=O)Nc1cn(C)cc1CCC. The molecule has 0 atom stereocenters. The molecule has 23 heavy (non-hydrogen) atoms. The molecule has 124 valence electrons. The van der Waals surface area contributed by atoms with Crippen LogP contribution in [0.5, 0.6) is 5.75 Å². The summed E-state index contributed by atoms with van der Waals surface area (Å²) in [5, 5.41) is 3.02. The van der Waals surface area contributed by atoms with Crippen molar-refractivity contribution in [1.82, 2.24) is 4.57 Å². The summed E-state index contributed by atoms with van der Waals surface area (Å²) in [4.78, 5) is 12.7. The standard InChI is InChI=1S/C18H23BrN2O2/c1-4-6-13-11-21(3)12-16(13)20-18(22)15-10-14(19)7-8-17(15)23-9-5-2/h7-8,10-12H,4-6,9H2,1-3H3,(H,20,22). The highest BCUT2D eigenvalue weighted by molar-refractivity contribution is 9.10. The Balaban J connectivity index is 2.25. The van der Waals surface area contributed by atoms with Gasteiger partial charge in [-0.3, -0.25) is 4.79 Å². The molecule has 0 aliphatic carbocycles. The normalized spacial score (nSPS) is 10.6. The first-order valence-electron chi connectivity index (χ1n) is 7.93. The molecule has 0 fully saturated rings. The van der Waals surface area contributed by atoms with E-state index in [0.29, 0.717) is 17.9 Å². The lowest BCUT2D eigenvalue weighted by Gasteiger charge is -2.12. The van der Waals surface area contributed by atoms with Crippen molar-refractivity contribution in [3.8, 4) is 5.75 Å². The van der Waals surface area contributed by atoms with E-state index in [-0.39, 0.29) is 5.91 Å². The van der Waals surface area contributed by atoms with Crippen LogP contribution in [0.1, 0.15) is 42.6 Å². The lowest BCUT2D eigenvalue weighted by atomic mass is 10.1. The van der Waals surface area contributed by atoms with Crippen LogP contribution in [0.3, 0.4) is 0 Å². The number of halogens is 1. The number of hydrogen-bond donors (Lipinski definition) is 1. The van der Waals surface area contributed by atoms with Crippen molar-refractivity contribution < 1.29 is 9.53 Å². The fourth-order valence-electron chi connectivity index (χ4n) is 2.43. The Bertz CT molecular complexity index is 680. The number of amides is 1. The number of ether oxygens (including phenoxy) is 1. The number of aryl methyl sites for hydroxylation is 2. The number of nitrogens with one attached hydrogen (secondary N) is 1. The predicted octanol–water partition coefficient (Wildman–Crippen LogP) is 4.78. The lowest BCUT2D eigenvalue weighted by molar-refractivity contribution is 0.102. The molecule has 1 heterocycles. The van der Waals surface area contributed by atoms with Gasteiger partial charge in [0.2, 0.25) is 0 Å². The van der Waals surface area contributed by atoms with Crippen molar-refractivity contribution in [2.45, 2.75) is 33.1 Å². The van der Waals surface area contributed by atoms with Crippen molar-refractivity contribution in [2.75, 3.05) is 11.9 Å². The number of hydrogen-bond acceptors (Lipinski definition) is 2. The van der Waals surface area contributed by atoms with Crippen LogP contribution in [0.15, 0.2) is 35.1 Å².